The first-order chi connectivity index (χ1) is 14.9. The fourth-order valence-electron chi connectivity index (χ4n) is 4.73. The molecule has 31 heavy (non-hydrogen) atoms. The van der Waals surface area contributed by atoms with E-state index < -0.39 is 17.6 Å². The minimum Gasteiger partial charge on any atom is -0.423 e. The van der Waals surface area contributed by atoms with Crippen molar-refractivity contribution in [2.45, 2.75) is 45.1 Å². The number of carbonyl (C=O) groups excluding carboxylic acids is 3. The van der Waals surface area contributed by atoms with Crippen molar-refractivity contribution >= 4 is 46.1 Å². The van der Waals surface area contributed by atoms with Crippen molar-refractivity contribution < 1.29 is 18.8 Å². The molecule has 1 N–H and O–H groups in total. The third kappa shape index (κ3) is 4.13. The fourth-order valence-corrected chi connectivity index (χ4v) is 5.19. The number of carbonyl (C=O) groups is 3. The van der Waals surface area contributed by atoms with Gasteiger partial charge in [-0.1, -0.05) is 12.8 Å². The summed E-state index contributed by atoms with van der Waals surface area (Å²) in [6, 6.07) is 5.68. The Kier molecular flexibility index (Phi) is 6.18. The Labute approximate surface area is 184 Å². The van der Waals surface area contributed by atoms with Gasteiger partial charge in [-0.2, -0.15) is 11.8 Å². The first kappa shape index (κ1) is 21.6. The normalized spacial score (nSPS) is 21.9. The molecule has 0 radical (unpaired) electrons. The van der Waals surface area contributed by atoms with Gasteiger partial charge >= 0.3 is 5.63 Å². The zero-order valence-electron chi connectivity index (χ0n) is 17.7. The Morgan fingerprint density at radius 3 is 2.48 bits per heavy atom. The number of rotatable bonds is 6. The van der Waals surface area contributed by atoms with E-state index in [1.54, 1.807) is 30.0 Å². The van der Waals surface area contributed by atoms with Crippen molar-refractivity contribution in [3.8, 4) is 0 Å². The Balaban J connectivity index is 1.60. The number of nitrogens with zero attached hydrogens (tertiary/aromatic N) is 1. The second-order valence-corrected chi connectivity index (χ2v) is 9.28. The van der Waals surface area contributed by atoms with Gasteiger partial charge in [0.1, 0.15) is 11.6 Å². The molecule has 1 aliphatic heterocycles. The maximum atomic E-state index is 13.2. The Hall–Kier alpha value is -2.61. The molecule has 0 bridgehead atoms. The minimum absolute atomic E-state index is 0.212. The van der Waals surface area contributed by atoms with Crippen LogP contribution in [0.15, 0.2) is 33.5 Å². The van der Waals surface area contributed by atoms with Crippen LogP contribution in [0.4, 0.5) is 5.69 Å². The van der Waals surface area contributed by atoms with Crippen LogP contribution < -0.4 is 10.9 Å². The summed E-state index contributed by atoms with van der Waals surface area (Å²) in [5.41, 5.74) is 1.17. The van der Waals surface area contributed by atoms with Crippen LogP contribution in [0.25, 0.3) is 11.0 Å². The minimum atomic E-state index is -0.849. The molecule has 1 aliphatic carbocycles. The monoisotopic (exact) mass is 442 g/mol. The molecule has 8 heteroatoms. The number of likely N-dealkylation sites (tertiary alicyclic amines) is 1. The van der Waals surface area contributed by atoms with Gasteiger partial charge in [-0.05, 0) is 55.9 Å². The predicted molar refractivity (Wildman–Crippen MR) is 120 cm³/mol. The third-order valence-electron chi connectivity index (χ3n) is 6.30. The van der Waals surface area contributed by atoms with Crippen LogP contribution in [0.2, 0.25) is 0 Å². The highest BCUT2D eigenvalue weighted by Crippen LogP contribution is 2.39. The van der Waals surface area contributed by atoms with Crippen molar-refractivity contribution in [3.63, 3.8) is 0 Å². The van der Waals surface area contributed by atoms with Crippen LogP contribution in [0, 0.1) is 18.8 Å². The van der Waals surface area contributed by atoms with Crippen molar-refractivity contribution in [3.05, 3.63) is 40.2 Å². The van der Waals surface area contributed by atoms with E-state index in [-0.39, 0.29) is 23.7 Å². The van der Waals surface area contributed by atoms with Crippen LogP contribution in [0.5, 0.6) is 0 Å². The quantitative estimate of drug-likeness (QED) is 0.544. The Morgan fingerprint density at radius 2 is 1.84 bits per heavy atom. The van der Waals surface area contributed by atoms with Crippen LogP contribution in [0.1, 0.15) is 37.7 Å². The molecular weight excluding hydrogens is 416 g/mol. The molecule has 7 nitrogen and oxygen atoms in total. The number of benzene rings is 1. The molecule has 2 fully saturated rings. The van der Waals surface area contributed by atoms with Crippen LogP contribution in [-0.2, 0) is 14.4 Å². The molecule has 1 aromatic heterocycles. The van der Waals surface area contributed by atoms with E-state index >= 15 is 0 Å². The third-order valence-corrected chi connectivity index (χ3v) is 6.95. The van der Waals surface area contributed by atoms with Gasteiger partial charge < -0.3 is 9.73 Å². The number of fused-ring (bicyclic) bond motifs is 2. The second-order valence-electron chi connectivity index (χ2n) is 8.29. The number of amides is 3. The summed E-state index contributed by atoms with van der Waals surface area (Å²) in [7, 11) is 0. The molecule has 3 atom stereocenters. The van der Waals surface area contributed by atoms with Crippen molar-refractivity contribution in [1.29, 1.82) is 0 Å². The SMILES string of the molecule is CSCC[C@H](C(=O)Nc1ccc2c(C)cc(=O)oc2c1)N1C(=O)[C@H]2CCCC[C@H]2C1=O. The number of hydrogen-bond donors (Lipinski definition) is 1. The lowest BCUT2D eigenvalue weighted by Gasteiger charge is -2.26. The molecule has 4 rings (SSSR count). The van der Waals surface area contributed by atoms with Crippen LogP contribution >= 0.6 is 11.8 Å². The van der Waals surface area contributed by atoms with E-state index in [1.165, 1.54) is 11.0 Å². The number of thioether (sulfide) groups is 1. The van der Waals surface area contributed by atoms with E-state index in [1.807, 2.05) is 13.2 Å². The zero-order valence-corrected chi connectivity index (χ0v) is 18.5. The maximum Gasteiger partial charge on any atom is 0.336 e. The van der Waals surface area contributed by atoms with Gasteiger partial charge in [0.25, 0.3) is 0 Å². The molecule has 2 heterocycles. The number of nitrogens with one attached hydrogen (secondary N) is 1. The molecule has 0 spiro atoms. The molecule has 3 amide bonds. The number of imide groups is 1. The summed E-state index contributed by atoms with van der Waals surface area (Å²) < 4.78 is 5.26. The Bertz CT molecular complexity index is 1070. The van der Waals surface area contributed by atoms with Crippen LogP contribution in [-0.4, -0.2) is 40.7 Å². The topological polar surface area (TPSA) is 96.7 Å². The first-order valence-electron chi connectivity index (χ1n) is 10.6. The fraction of sp³-hybridized carbons (Fsp3) is 0.478. The van der Waals surface area contributed by atoms with Gasteiger partial charge in [0.15, 0.2) is 0 Å². The second kappa shape index (κ2) is 8.86. The smallest absolute Gasteiger partial charge is 0.336 e. The highest BCUT2D eigenvalue weighted by atomic mass is 32.2. The van der Waals surface area contributed by atoms with Crippen molar-refractivity contribution in [2.75, 3.05) is 17.3 Å². The average molecular weight is 443 g/mol. The van der Waals surface area contributed by atoms with E-state index in [9.17, 15) is 19.2 Å². The number of anilines is 1. The van der Waals surface area contributed by atoms with Crippen LogP contribution in [0.3, 0.4) is 0 Å². The van der Waals surface area contributed by atoms with Gasteiger partial charge in [-0.15, -0.1) is 0 Å². The summed E-state index contributed by atoms with van der Waals surface area (Å²) in [4.78, 5) is 52.2. The molecule has 164 valence electrons. The number of hydrogen-bond acceptors (Lipinski definition) is 6. The van der Waals surface area contributed by atoms with Gasteiger partial charge in [0.05, 0.1) is 11.8 Å². The molecule has 2 aromatic rings. The average Bonchev–Trinajstić information content (AvgIpc) is 2.99. The lowest BCUT2D eigenvalue weighted by atomic mass is 9.81. The molecular formula is C23H26N2O5S. The molecule has 1 saturated heterocycles. The first-order valence-corrected chi connectivity index (χ1v) is 12.0. The summed E-state index contributed by atoms with van der Waals surface area (Å²) in [6.45, 7) is 1.82. The van der Waals surface area contributed by atoms with Gasteiger partial charge in [-0.25, -0.2) is 4.79 Å². The van der Waals surface area contributed by atoms with E-state index in [4.69, 9.17) is 4.42 Å². The molecule has 1 saturated carbocycles. The summed E-state index contributed by atoms with van der Waals surface area (Å²) >= 11 is 1.57. The van der Waals surface area contributed by atoms with E-state index in [2.05, 4.69) is 5.32 Å². The van der Waals surface area contributed by atoms with Gasteiger partial charge in [0, 0.05) is 23.2 Å². The van der Waals surface area contributed by atoms with Crippen molar-refractivity contribution in [1.82, 2.24) is 4.90 Å². The summed E-state index contributed by atoms with van der Waals surface area (Å²) in [5, 5.41) is 3.61. The highest BCUT2D eigenvalue weighted by molar-refractivity contribution is 7.98. The standard InChI is InChI=1S/C23H26N2O5S/c1-13-11-20(26)30-19-12-14(7-8-15(13)19)24-21(27)18(9-10-31-2)25-22(28)16-5-3-4-6-17(16)23(25)29/h7-8,11-12,16-18H,3-6,9-10H2,1-2H3,(H,24,27)/t16-,17+,18-/m1/s1. The van der Waals surface area contributed by atoms with Gasteiger partial charge in [-0.3, -0.25) is 19.3 Å². The molecule has 1 aromatic carbocycles. The van der Waals surface area contributed by atoms with Crippen molar-refractivity contribution in [2.24, 2.45) is 11.8 Å². The zero-order chi connectivity index (χ0) is 22.1. The van der Waals surface area contributed by atoms with Gasteiger partial charge in [0.2, 0.25) is 17.7 Å². The highest BCUT2D eigenvalue weighted by Gasteiger charge is 2.51. The maximum absolute atomic E-state index is 13.2. The molecule has 0 unspecified atom stereocenters. The Morgan fingerprint density at radius 1 is 1.16 bits per heavy atom. The largest absolute Gasteiger partial charge is 0.423 e. The predicted octanol–water partition coefficient (Wildman–Crippen LogP) is 3.34. The lowest BCUT2D eigenvalue weighted by Crippen LogP contribution is -2.48. The summed E-state index contributed by atoms with van der Waals surface area (Å²) in [6.07, 6.45) is 5.63. The van der Waals surface area contributed by atoms with E-state index in [0.29, 0.717) is 36.3 Å². The lowest BCUT2D eigenvalue weighted by molar-refractivity contribution is -0.146. The molecule has 2 aliphatic rings. The van der Waals surface area contributed by atoms with E-state index in [0.717, 1.165) is 23.8 Å². The number of aryl methyl sites for hydroxylation is 1. The summed E-state index contributed by atoms with van der Waals surface area (Å²) in [5.74, 6) is -0.751.